The van der Waals surface area contributed by atoms with Crippen molar-refractivity contribution in [1.82, 2.24) is 0 Å². The van der Waals surface area contributed by atoms with Crippen molar-refractivity contribution in [2.75, 3.05) is 20.4 Å². The summed E-state index contributed by atoms with van der Waals surface area (Å²) in [5.41, 5.74) is 0.434. The van der Waals surface area contributed by atoms with Gasteiger partial charge in [0.1, 0.15) is 7.14 Å². The highest BCUT2D eigenvalue weighted by Gasteiger charge is 2.18. The molecular formula is C11H15O4P. The third-order valence-electron chi connectivity index (χ3n) is 2.26. The number of aliphatic hydroxyl groups excluding tert-OH is 1. The fourth-order valence-electron chi connectivity index (χ4n) is 1.26. The number of rotatable bonds is 3. The molecule has 0 heterocycles. The maximum absolute atomic E-state index is 11.7. The smallest absolute Gasteiger partial charge is 0.339 e. The summed E-state index contributed by atoms with van der Waals surface area (Å²) in [5.74, 6) is -0.705. The zero-order valence-electron chi connectivity index (χ0n) is 9.51. The maximum atomic E-state index is 11.7. The molecule has 0 aliphatic carbocycles. The fourth-order valence-corrected chi connectivity index (χ4v) is 2.13. The summed E-state index contributed by atoms with van der Waals surface area (Å²) in [6, 6.07) is 6.47. The van der Waals surface area contributed by atoms with Crippen molar-refractivity contribution in [2.45, 2.75) is 6.10 Å². The lowest BCUT2D eigenvalue weighted by Gasteiger charge is -2.11. The second-order valence-electron chi connectivity index (χ2n) is 3.87. The van der Waals surface area contributed by atoms with Gasteiger partial charge >= 0.3 is 5.97 Å². The third kappa shape index (κ3) is 2.94. The van der Waals surface area contributed by atoms with Crippen LogP contribution in [0.15, 0.2) is 24.3 Å². The minimum atomic E-state index is -2.30. The Morgan fingerprint density at radius 1 is 1.31 bits per heavy atom. The van der Waals surface area contributed by atoms with Crippen LogP contribution < -0.4 is 5.30 Å². The van der Waals surface area contributed by atoms with Gasteiger partial charge in [-0.3, -0.25) is 0 Å². The van der Waals surface area contributed by atoms with Crippen molar-refractivity contribution in [2.24, 2.45) is 0 Å². The molecule has 0 radical (unpaired) electrons. The van der Waals surface area contributed by atoms with Gasteiger partial charge in [0.2, 0.25) is 0 Å². The van der Waals surface area contributed by atoms with Crippen LogP contribution in [0, 0.1) is 0 Å². The summed E-state index contributed by atoms with van der Waals surface area (Å²) in [4.78, 5) is 11.1. The molecule has 0 amide bonds. The fraction of sp³-hybridized carbons (Fsp3) is 0.364. The molecule has 16 heavy (non-hydrogen) atoms. The number of carbonyl (C=O) groups is 1. The summed E-state index contributed by atoms with van der Waals surface area (Å²) < 4.78 is 16.2. The van der Waals surface area contributed by atoms with Crippen molar-refractivity contribution in [3.05, 3.63) is 29.8 Å². The molecule has 0 fully saturated rings. The van der Waals surface area contributed by atoms with Gasteiger partial charge in [-0.2, -0.15) is 0 Å². The Morgan fingerprint density at radius 2 is 1.81 bits per heavy atom. The first-order valence-electron chi connectivity index (χ1n) is 4.77. The molecule has 1 rings (SSSR count). The maximum Gasteiger partial charge on any atom is 0.339 e. The van der Waals surface area contributed by atoms with Crippen LogP contribution >= 0.6 is 7.14 Å². The van der Waals surface area contributed by atoms with E-state index in [1.807, 2.05) is 0 Å². The van der Waals surface area contributed by atoms with Gasteiger partial charge in [0, 0.05) is 5.30 Å². The first kappa shape index (κ1) is 12.9. The molecule has 1 aromatic rings. The Balaban J connectivity index is 2.96. The molecule has 1 unspecified atom stereocenters. The zero-order valence-corrected chi connectivity index (χ0v) is 10.4. The average Bonchev–Trinajstić information content (AvgIpc) is 2.26. The molecule has 1 N–H and O–H groups in total. The van der Waals surface area contributed by atoms with Gasteiger partial charge < -0.3 is 14.4 Å². The Morgan fingerprint density at radius 3 is 2.19 bits per heavy atom. The zero-order chi connectivity index (χ0) is 12.3. The van der Waals surface area contributed by atoms with Gasteiger partial charge in [0.05, 0.1) is 7.11 Å². The van der Waals surface area contributed by atoms with Crippen LogP contribution in [0.5, 0.6) is 0 Å². The second-order valence-corrected chi connectivity index (χ2v) is 7.09. The Bertz CT molecular complexity index is 418. The molecule has 0 aliphatic heterocycles. The summed E-state index contributed by atoms with van der Waals surface area (Å²) in [6.07, 6.45) is -1.29. The van der Waals surface area contributed by atoms with E-state index in [9.17, 15) is 14.5 Å². The van der Waals surface area contributed by atoms with Crippen molar-refractivity contribution in [3.63, 3.8) is 0 Å². The molecule has 0 bridgehead atoms. The number of esters is 1. The van der Waals surface area contributed by atoms with Crippen molar-refractivity contribution in [3.8, 4) is 0 Å². The molecular weight excluding hydrogens is 227 g/mol. The first-order chi connectivity index (χ1) is 7.36. The quantitative estimate of drug-likeness (QED) is 0.637. The summed E-state index contributed by atoms with van der Waals surface area (Å²) in [5, 5.41) is 10.3. The van der Waals surface area contributed by atoms with Crippen LogP contribution in [0.1, 0.15) is 11.7 Å². The van der Waals surface area contributed by atoms with Crippen LogP contribution in [0.4, 0.5) is 0 Å². The third-order valence-corrected chi connectivity index (χ3v) is 3.80. The minimum Gasteiger partial charge on any atom is -0.467 e. The topological polar surface area (TPSA) is 63.6 Å². The first-order valence-corrected chi connectivity index (χ1v) is 7.38. The van der Waals surface area contributed by atoms with E-state index < -0.39 is 19.2 Å². The number of aliphatic hydroxyl groups is 1. The van der Waals surface area contributed by atoms with E-state index in [2.05, 4.69) is 4.74 Å². The molecule has 4 nitrogen and oxygen atoms in total. The van der Waals surface area contributed by atoms with Gasteiger partial charge in [0.15, 0.2) is 6.10 Å². The van der Waals surface area contributed by atoms with Crippen molar-refractivity contribution >= 4 is 18.4 Å². The average molecular weight is 242 g/mol. The Hall–Kier alpha value is -1.12. The van der Waals surface area contributed by atoms with Crippen molar-refractivity contribution < 1.29 is 19.2 Å². The highest BCUT2D eigenvalue weighted by Crippen LogP contribution is 2.34. The highest BCUT2D eigenvalue weighted by molar-refractivity contribution is 7.70. The van der Waals surface area contributed by atoms with Crippen molar-refractivity contribution in [1.29, 1.82) is 0 Å². The van der Waals surface area contributed by atoms with Crippen LogP contribution in [-0.2, 0) is 14.1 Å². The SMILES string of the molecule is COC(=O)C(O)c1ccc(P(C)(C)=O)cc1. The molecule has 1 aromatic carbocycles. The predicted octanol–water partition coefficient (Wildman–Crippen LogP) is 1.14. The molecule has 0 saturated heterocycles. The molecule has 5 heteroatoms. The van der Waals surface area contributed by atoms with E-state index in [4.69, 9.17) is 0 Å². The number of hydrogen-bond donors (Lipinski definition) is 1. The lowest BCUT2D eigenvalue weighted by atomic mass is 10.1. The lowest BCUT2D eigenvalue weighted by molar-refractivity contribution is -0.150. The van der Waals surface area contributed by atoms with E-state index >= 15 is 0 Å². The monoisotopic (exact) mass is 242 g/mol. The Labute approximate surface area is 94.6 Å². The number of ether oxygens (including phenoxy) is 1. The van der Waals surface area contributed by atoms with Gasteiger partial charge in [0.25, 0.3) is 0 Å². The minimum absolute atomic E-state index is 0.434. The van der Waals surface area contributed by atoms with Gasteiger partial charge in [-0.25, -0.2) is 4.79 Å². The predicted molar refractivity (Wildman–Crippen MR) is 62.5 cm³/mol. The van der Waals surface area contributed by atoms with E-state index in [0.29, 0.717) is 10.9 Å². The van der Waals surface area contributed by atoms with Gasteiger partial charge in [-0.15, -0.1) is 0 Å². The molecule has 0 aromatic heterocycles. The number of hydrogen-bond acceptors (Lipinski definition) is 4. The number of methoxy groups -OCH3 is 1. The van der Waals surface area contributed by atoms with Crippen LogP contribution in [0.25, 0.3) is 0 Å². The second kappa shape index (κ2) is 4.81. The Kier molecular flexibility index (Phi) is 3.89. The molecule has 0 saturated carbocycles. The van der Waals surface area contributed by atoms with Gasteiger partial charge in [-0.05, 0) is 18.9 Å². The summed E-state index contributed by atoms with van der Waals surface area (Å²) in [7, 11) is -1.08. The largest absolute Gasteiger partial charge is 0.467 e. The molecule has 1 atom stereocenters. The number of benzene rings is 1. The lowest BCUT2D eigenvalue weighted by Crippen LogP contribution is -2.14. The summed E-state index contributed by atoms with van der Waals surface area (Å²) in [6.45, 7) is 3.33. The molecule has 0 spiro atoms. The van der Waals surface area contributed by atoms with E-state index in [-0.39, 0.29) is 0 Å². The summed E-state index contributed by atoms with van der Waals surface area (Å²) >= 11 is 0. The van der Waals surface area contributed by atoms with Crippen LogP contribution in [0.2, 0.25) is 0 Å². The highest BCUT2D eigenvalue weighted by atomic mass is 31.2. The van der Waals surface area contributed by atoms with E-state index in [0.717, 1.165) is 0 Å². The van der Waals surface area contributed by atoms with Crippen LogP contribution in [0.3, 0.4) is 0 Å². The van der Waals surface area contributed by atoms with Gasteiger partial charge in [-0.1, -0.05) is 24.3 Å². The standard InChI is InChI=1S/C11H15O4P/c1-15-11(13)10(12)8-4-6-9(7-5-8)16(2,3)14/h4-7,10,12H,1-3H3. The normalized spacial score (nSPS) is 13.2. The number of carbonyl (C=O) groups excluding carboxylic acids is 1. The molecule has 0 aliphatic rings. The van der Waals surface area contributed by atoms with E-state index in [1.54, 1.807) is 37.6 Å². The molecule has 88 valence electrons. The van der Waals surface area contributed by atoms with E-state index in [1.165, 1.54) is 7.11 Å². The van der Waals surface area contributed by atoms with Crippen LogP contribution in [-0.4, -0.2) is 31.5 Å².